The summed E-state index contributed by atoms with van der Waals surface area (Å²) in [5.41, 5.74) is 3.23. The fourth-order valence-electron chi connectivity index (χ4n) is 5.60. The van der Waals surface area contributed by atoms with Crippen LogP contribution in [0.3, 0.4) is 0 Å². The second-order valence-corrected chi connectivity index (χ2v) is 7.81. The summed E-state index contributed by atoms with van der Waals surface area (Å²) in [5, 5.41) is 21.5. The predicted octanol–water partition coefficient (Wildman–Crippen LogP) is 1.98. The van der Waals surface area contributed by atoms with E-state index in [9.17, 15) is 10.2 Å². The molecule has 0 aromatic heterocycles. The number of aliphatic hydroxyl groups is 1. The molecule has 1 saturated heterocycles. The first kappa shape index (κ1) is 15.4. The van der Waals surface area contributed by atoms with Crippen LogP contribution in [0.1, 0.15) is 36.0 Å². The predicted molar refractivity (Wildman–Crippen MR) is 88.8 cm³/mol. The number of aryl methyl sites for hydroxylation is 1. The fraction of sp³-hybridized carbons (Fsp3) is 0.684. The standard InChI is InChI=1S/C19H27NO3/c1-11-4-5-12-8-14-13-9-16(23-3)15(21)10-19(13,6-7-20(14)2)17(12)18(11)22/h4-5,13-16,21-22H,6-10H2,1-3H3/t13-,14+,15?,16?,19?/m1/s1. The van der Waals surface area contributed by atoms with Crippen molar-refractivity contribution in [2.45, 2.75) is 56.3 Å². The Labute approximate surface area is 138 Å². The van der Waals surface area contributed by atoms with Gasteiger partial charge in [0.2, 0.25) is 0 Å². The van der Waals surface area contributed by atoms with E-state index in [1.165, 1.54) is 5.56 Å². The summed E-state index contributed by atoms with van der Waals surface area (Å²) in [6, 6.07) is 4.69. The highest BCUT2D eigenvalue weighted by Crippen LogP contribution is 2.58. The molecule has 2 N–H and O–H groups in total. The van der Waals surface area contributed by atoms with Gasteiger partial charge in [0.05, 0.1) is 12.2 Å². The summed E-state index contributed by atoms with van der Waals surface area (Å²) < 4.78 is 5.56. The van der Waals surface area contributed by atoms with Gasteiger partial charge in [-0.15, -0.1) is 0 Å². The van der Waals surface area contributed by atoms with Gasteiger partial charge in [-0.2, -0.15) is 0 Å². The van der Waals surface area contributed by atoms with E-state index in [4.69, 9.17) is 4.74 Å². The number of fused-ring (bicyclic) bond motifs is 1. The fourth-order valence-corrected chi connectivity index (χ4v) is 5.60. The highest BCUT2D eigenvalue weighted by atomic mass is 16.5. The summed E-state index contributed by atoms with van der Waals surface area (Å²) >= 11 is 0. The maximum absolute atomic E-state index is 10.8. The van der Waals surface area contributed by atoms with Crippen molar-refractivity contribution in [3.8, 4) is 5.75 Å². The molecule has 1 saturated carbocycles. The molecule has 4 nitrogen and oxygen atoms in total. The normalized spacial score (nSPS) is 39.7. The van der Waals surface area contributed by atoms with Crippen molar-refractivity contribution < 1.29 is 14.9 Å². The third kappa shape index (κ3) is 2.01. The maximum Gasteiger partial charge on any atom is 0.122 e. The zero-order chi connectivity index (χ0) is 16.4. The lowest BCUT2D eigenvalue weighted by Gasteiger charge is -2.60. The van der Waals surface area contributed by atoms with Crippen molar-refractivity contribution in [1.29, 1.82) is 0 Å². The molecule has 126 valence electrons. The Balaban J connectivity index is 1.90. The van der Waals surface area contributed by atoms with Gasteiger partial charge in [0.15, 0.2) is 0 Å². The third-order valence-electron chi connectivity index (χ3n) is 6.84. The van der Waals surface area contributed by atoms with Crippen LogP contribution in [-0.4, -0.2) is 54.1 Å². The Kier molecular flexibility index (Phi) is 3.49. The number of benzene rings is 1. The van der Waals surface area contributed by atoms with E-state index in [0.29, 0.717) is 24.1 Å². The lowest BCUT2D eigenvalue weighted by molar-refractivity contribution is -0.114. The number of aromatic hydroxyl groups is 1. The number of aliphatic hydroxyl groups excluding tert-OH is 1. The zero-order valence-corrected chi connectivity index (χ0v) is 14.2. The smallest absolute Gasteiger partial charge is 0.122 e. The molecule has 0 amide bonds. The first-order chi connectivity index (χ1) is 11.0. The molecule has 4 rings (SSSR count). The van der Waals surface area contributed by atoms with Crippen molar-refractivity contribution in [1.82, 2.24) is 4.90 Å². The molecular weight excluding hydrogens is 290 g/mol. The zero-order valence-electron chi connectivity index (χ0n) is 14.2. The van der Waals surface area contributed by atoms with E-state index in [-0.39, 0.29) is 11.5 Å². The van der Waals surface area contributed by atoms with Gasteiger partial charge in [0, 0.05) is 24.1 Å². The molecule has 2 aliphatic carbocycles. The number of phenolic OH excluding ortho intramolecular Hbond substituents is 1. The summed E-state index contributed by atoms with van der Waals surface area (Å²) in [6.07, 6.45) is 3.02. The summed E-state index contributed by atoms with van der Waals surface area (Å²) in [5.74, 6) is 0.897. The second-order valence-electron chi connectivity index (χ2n) is 7.81. The molecule has 4 heteroatoms. The largest absolute Gasteiger partial charge is 0.507 e. The number of rotatable bonds is 1. The number of hydrogen-bond acceptors (Lipinski definition) is 4. The third-order valence-corrected chi connectivity index (χ3v) is 6.84. The lowest BCUT2D eigenvalue weighted by atomic mass is 9.51. The van der Waals surface area contributed by atoms with E-state index in [1.807, 2.05) is 13.0 Å². The Hall–Kier alpha value is -1.10. The number of piperidine rings is 1. The molecule has 2 bridgehead atoms. The van der Waals surface area contributed by atoms with Crippen molar-refractivity contribution in [2.24, 2.45) is 5.92 Å². The molecular formula is C19H27NO3. The first-order valence-electron chi connectivity index (χ1n) is 8.71. The number of phenols is 1. The minimum absolute atomic E-state index is 0.0874. The molecule has 1 heterocycles. The first-order valence-corrected chi connectivity index (χ1v) is 8.71. The molecule has 5 atom stereocenters. The molecule has 1 aliphatic heterocycles. The van der Waals surface area contributed by atoms with Gasteiger partial charge in [-0.3, -0.25) is 0 Å². The number of hydrogen-bond donors (Lipinski definition) is 2. The topological polar surface area (TPSA) is 52.9 Å². The van der Waals surface area contributed by atoms with Gasteiger partial charge in [-0.1, -0.05) is 12.1 Å². The van der Waals surface area contributed by atoms with Gasteiger partial charge < -0.3 is 19.8 Å². The highest BCUT2D eigenvalue weighted by molar-refractivity contribution is 5.53. The minimum Gasteiger partial charge on any atom is -0.507 e. The van der Waals surface area contributed by atoms with Crippen molar-refractivity contribution in [2.75, 3.05) is 20.7 Å². The molecule has 0 spiro atoms. The maximum atomic E-state index is 10.8. The quantitative estimate of drug-likeness (QED) is 0.832. The second kappa shape index (κ2) is 5.20. The van der Waals surface area contributed by atoms with Crippen LogP contribution in [0, 0.1) is 12.8 Å². The molecule has 0 radical (unpaired) electrons. The van der Waals surface area contributed by atoms with Crippen LogP contribution < -0.4 is 0 Å². The number of likely N-dealkylation sites (N-methyl/N-ethyl adjacent to an activating group) is 1. The van der Waals surface area contributed by atoms with Crippen LogP contribution in [0.5, 0.6) is 5.75 Å². The molecule has 3 aliphatic rings. The van der Waals surface area contributed by atoms with Crippen molar-refractivity contribution in [3.63, 3.8) is 0 Å². The van der Waals surface area contributed by atoms with Crippen LogP contribution in [0.4, 0.5) is 0 Å². The number of methoxy groups -OCH3 is 1. The average molecular weight is 317 g/mol. The minimum atomic E-state index is -0.453. The summed E-state index contributed by atoms with van der Waals surface area (Å²) in [4.78, 5) is 2.47. The van der Waals surface area contributed by atoms with Gasteiger partial charge >= 0.3 is 0 Å². The van der Waals surface area contributed by atoms with E-state index in [1.54, 1.807) is 7.11 Å². The monoisotopic (exact) mass is 317 g/mol. The Morgan fingerprint density at radius 2 is 2.13 bits per heavy atom. The van der Waals surface area contributed by atoms with Gasteiger partial charge in [-0.05, 0) is 63.2 Å². The van der Waals surface area contributed by atoms with Gasteiger partial charge in [0.1, 0.15) is 5.75 Å². The van der Waals surface area contributed by atoms with E-state index >= 15 is 0 Å². The SMILES string of the molecule is COC1C[C@@H]2[C@@H]3Cc4ccc(C)c(O)c4C2(CCN3C)CC1O. The average Bonchev–Trinajstić information content (AvgIpc) is 2.53. The van der Waals surface area contributed by atoms with E-state index < -0.39 is 6.10 Å². The molecule has 1 aromatic rings. The van der Waals surface area contributed by atoms with Crippen LogP contribution in [-0.2, 0) is 16.6 Å². The molecule has 2 fully saturated rings. The van der Waals surface area contributed by atoms with E-state index in [2.05, 4.69) is 18.0 Å². The van der Waals surface area contributed by atoms with Crippen LogP contribution in [0.2, 0.25) is 0 Å². The van der Waals surface area contributed by atoms with Crippen LogP contribution >= 0.6 is 0 Å². The number of ether oxygens (including phenoxy) is 1. The Morgan fingerprint density at radius 3 is 2.87 bits per heavy atom. The van der Waals surface area contributed by atoms with Crippen LogP contribution in [0.15, 0.2) is 12.1 Å². The van der Waals surface area contributed by atoms with Crippen LogP contribution in [0.25, 0.3) is 0 Å². The van der Waals surface area contributed by atoms with Crippen molar-refractivity contribution >= 4 is 0 Å². The highest BCUT2D eigenvalue weighted by Gasteiger charge is 2.58. The number of nitrogens with zero attached hydrogens (tertiary/aromatic N) is 1. The molecule has 1 aromatic carbocycles. The lowest BCUT2D eigenvalue weighted by Crippen LogP contribution is -2.63. The number of likely N-dealkylation sites (tertiary alicyclic amines) is 1. The molecule has 23 heavy (non-hydrogen) atoms. The van der Waals surface area contributed by atoms with Gasteiger partial charge in [-0.25, -0.2) is 0 Å². The summed E-state index contributed by atoms with van der Waals surface area (Å²) in [7, 11) is 3.91. The Morgan fingerprint density at radius 1 is 1.35 bits per heavy atom. The molecule has 3 unspecified atom stereocenters. The van der Waals surface area contributed by atoms with Gasteiger partial charge in [0.25, 0.3) is 0 Å². The van der Waals surface area contributed by atoms with E-state index in [0.717, 1.165) is 36.9 Å². The Bertz CT molecular complexity index is 631. The summed E-state index contributed by atoms with van der Waals surface area (Å²) in [6.45, 7) is 3.00. The van der Waals surface area contributed by atoms with Crippen molar-refractivity contribution in [3.05, 3.63) is 28.8 Å².